The van der Waals surface area contributed by atoms with Crippen LogP contribution in [0.25, 0.3) is 0 Å². The lowest BCUT2D eigenvalue weighted by Gasteiger charge is -2.33. The smallest absolute Gasteiger partial charge is 0.253 e. The van der Waals surface area contributed by atoms with Crippen LogP contribution >= 0.6 is 0 Å². The number of hydrogen-bond donors (Lipinski definition) is 1. The van der Waals surface area contributed by atoms with Crippen LogP contribution in [0.3, 0.4) is 0 Å². The second kappa shape index (κ2) is 10.1. The largest absolute Gasteiger partial charge is 0.437 e. The van der Waals surface area contributed by atoms with Crippen molar-refractivity contribution in [1.29, 1.82) is 0 Å². The van der Waals surface area contributed by atoms with Gasteiger partial charge in [-0.15, -0.1) is 0 Å². The summed E-state index contributed by atoms with van der Waals surface area (Å²) in [5.74, 6) is 1.71. The van der Waals surface area contributed by atoms with Crippen molar-refractivity contribution in [1.82, 2.24) is 24.8 Å². The minimum absolute atomic E-state index is 0.0169. The summed E-state index contributed by atoms with van der Waals surface area (Å²) in [6.07, 6.45) is 8.44. The third kappa shape index (κ3) is 5.01. The maximum Gasteiger partial charge on any atom is 0.253 e. The van der Waals surface area contributed by atoms with Gasteiger partial charge in [-0.3, -0.25) is 9.78 Å². The standard InChI is InChI=1S/C26H24N6O2/c33-25(19-7-4-9-21(17-19)31-26-29-12-6-13-30-26)32-16-5-8-20(18-32)23-24(28-15-14-27-23)34-22-10-2-1-3-11-22/h1-4,6-7,9-15,17,20H,5,8,16,18H2,(H,29,30,31)/t20-/m1/s1. The molecule has 8 heteroatoms. The van der Waals surface area contributed by atoms with E-state index in [1.54, 1.807) is 30.9 Å². The van der Waals surface area contributed by atoms with Crippen LogP contribution in [0.1, 0.15) is 34.8 Å². The van der Waals surface area contributed by atoms with Gasteiger partial charge in [0, 0.05) is 55.0 Å². The van der Waals surface area contributed by atoms with Crippen LogP contribution in [0.5, 0.6) is 11.6 Å². The van der Waals surface area contributed by atoms with Crippen molar-refractivity contribution in [3.8, 4) is 11.6 Å². The van der Waals surface area contributed by atoms with E-state index in [2.05, 4.69) is 25.3 Å². The topological polar surface area (TPSA) is 93.1 Å². The SMILES string of the molecule is O=C(c1cccc(Nc2ncccn2)c1)N1CCC[C@@H](c2nccnc2Oc2ccccc2)C1. The number of para-hydroxylation sites is 1. The number of carbonyl (C=O) groups excluding carboxylic acids is 1. The number of ether oxygens (including phenoxy) is 1. The summed E-state index contributed by atoms with van der Waals surface area (Å²) in [4.78, 5) is 32.6. The maximum atomic E-state index is 13.4. The molecule has 3 heterocycles. The number of benzene rings is 2. The van der Waals surface area contributed by atoms with Gasteiger partial charge in [-0.1, -0.05) is 24.3 Å². The third-order valence-electron chi connectivity index (χ3n) is 5.68. The first kappa shape index (κ1) is 21.5. The third-order valence-corrected chi connectivity index (χ3v) is 5.68. The Kier molecular flexibility index (Phi) is 6.38. The molecule has 170 valence electrons. The number of piperidine rings is 1. The molecule has 0 bridgehead atoms. The van der Waals surface area contributed by atoms with E-state index in [1.807, 2.05) is 59.5 Å². The lowest BCUT2D eigenvalue weighted by molar-refractivity contribution is 0.0705. The zero-order chi connectivity index (χ0) is 23.2. The number of nitrogens with zero attached hydrogens (tertiary/aromatic N) is 5. The number of nitrogens with one attached hydrogen (secondary N) is 1. The molecule has 1 amide bonds. The Morgan fingerprint density at radius 2 is 1.74 bits per heavy atom. The average Bonchev–Trinajstić information content (AvgIpc) is 2.90. The summed E-state index contributed by atoms with van der Waals surface area (Å²) in [5, 5.41) is 3.14. The Balaban J connectivity index is 1.32. The van der Waals surface area contributed by atoms with E-state index in [0.29, 0.717) is 36.2 Å². The minimum Gasteiger partial charge on any atom is -0.437 e. The van der Waals surface area contributed by atoms with E-state index in [1.165, 1.54) is 0 Å². The highest BCUT2D eigenvalue weighted by molar-refractivity contribution is 5.95. The van der Waals surface area contributed by atoms with Crippen molar-refractivity contribution < 1.29 is 9.53 Å². The normalized spacial score (nSPS) is 15.5. The molecular formula is C26H24N6O2. The number of aromatic nitrogens is 4. The molecule has 2 aromatic carbocycles. The molecule has 1 saturated heterocycles. The fraction of sp³-hybridized carbons (Fsp3) is 0.192. The molecule has 0 radical (unpaired) electrons. The first-order chi connectivity index (χ1) is 16.8. The van der Waals surface area contributed by atoms with Crippen LogP contribution in [0.2, 0.25) is 0 Å². The van der Waals surface area contributed by atoms with E-state index in [-0.39, 0.29) is 11.8 Å². The Bertz CT molecular complexity index is 1250. The summed E-state index contributed by atoms with van der Waals surface area (Å²) in [6.45, 7) is 1.26. The zero-order valence-electron chi connectivity index (χ0n) is 18.5. The lowest BCUT2D eigenvalue weighted by atomic mass is 9.94. The highest BCUT2D eigenvalue weighted by atomic mass is 16.5. The second-order valence-electron chi connectivity index (χ2n) is 8.03. The molecule has 34 heavy (non-hydrogen) atoms. The Hall–Kier alpha value is -4.33. The number of anilines is 2. The van der Waals surface area contributed by atoms with Crippen molar-refractivity contribution in [2.75, 3.05) is 18.4 Å². The number of rotatable bonds is 6. The quantitative estimate of drug-likeness (QED) is 0.448. The first-order valence-electron chi connectivity index (χ1n) is 11.2. The van der Waals surface area contributed by atoms with Crippen LogP contribution in [0.4, 0.5) is 11.6 Å². The summed E-state index contributed by atoms with van der Waals surface area (Å²) >= 11 is 0. The van der Waals surface area contributed by atoms with Gasteiger partial charge in [-0.2, -0.15) is 0 Å². The molecule has 0 unspecified atom stereocenters. The zero-order valence-corrected chi connectivity index (χ0v) is 18.5. The van der Waals surface area contributed by atoms with E-state index in [4.69, 9.17) is 4.74 Å². The van der Waals surface area contributed by atoms with Crippen LogP contribution in [0, 0.1) is 0 Å². The van der Waals surface area contributed by atoms with Crippen molar-refractivity contribution in [2.45, 2.75) is 18.8 Å². The van der Waals surface area contributed by atoms with E-state index < -0.39 is 0 Å². The average molecular weight is 453 g/mol. The fourth-order valence-corrected chi connectivity index (χ4v) is 4.08. The molecule has 4 aromatic rings. The Labute approximate surface area is 197 Å². The van der Waals surface area contributed by atoms with Gasteiger partial charge >= 0.3 is 0 Å². The molecule has 0 saturated carbocycles. The number of hydrogen-bond acceptors (Lipinski definition) is 7. The molecule has 1 aliphatic heterocycles. The van der Waals surface area contributed by atoms with Crippen LogP contribution in [-0.4, -0.2) is 43.8 Å². The minimum atomic E-state index is -0.0169. The van der Waals surface area contributed by atoms with Crippen LogP contribution in [0.15, 0.2) is 85.5 Å². The number of carbonyl (C=O) groups is 1. The number of likely N-dealkylation sites (tertiary alicyclic amines) is 1. The Morgan fingerprint density at radius 1 is 0.912 bits per heavy atom. The molecular weight excluding hydrogens is 428 g/mol. The van der Waals surface area contributed by atoms with Crippen molar-refractivity contribution >= 4 is 17.5 Å². The summed E-state index contributed by atoms with van der Waals surface area (Å²) in [6, 6.07) is 18.7. The van der Waals surface area contributed by atoms with Gasteiger partial charge in [-0.25, -0.2) is 15.0 Å². The van der Waals surface area contributed by atoms with Crippen molar-refractivity contribution in [3.05, 3.63) is 96.7 Å². The molecule has 0 aliphatic carbocycles. The predicted molar refractivity (Wildman–Crippen MR) is 128 cm³/mol. The predicted octanol–water partition coefficient (Wildman–Crippen LogP) is 4.82. The highest BCUT2D eigenvalue weighted by Crippen LogP contribution is 2.33. The lowest BCUT2D eigenvalue weighted by Crippen LogP contribution is -2.39. The second-order valence-corrected chi connectivity index (χ2v) is 8.03. The first-order valence-corrected chi connectivity index (χ1v) is 11.2. The van der Waals surface area contributed by atoms with Crippen LogP contribution < -0.4 is 10.1 Å². The van der Waals surface area contributed by atoms with Gasteiger partial charge in [0.2, 0.25) is 11.8 Å². The van der Waals surface area contributed by atoms with Gasteiger partial charge in [0.25, 0.3) is 5.91 Å². The van der Waals surface area contributed by atoms with Crippen molar-refractivity contribution in [2.24, 2.45) is 0 Å². The molecule has 1 atom stereocenters. The Morgan fingerprint density at radius 3 is 2.59 bits per heavy atom. The van der Waals surface area contributed by atoms with Gasteiger partial charge in [0.1, 0.15) is 11.4 Å². The van der Waals surface area contributed by atoms with Gasteiger partial charge in [0.05, 0.1) is 0 Å². The van der Waals surface area contributed by atoms with Gasteiger partial charge in [-0.05, 0) is 49.2 Å². The van der Waals surface area contributed by atoms with E-state index in [9.17, 15) is 4.79 Å². The summed E-state index contributed by atoms with van der Waals surface area (Å²) in [7, 11) is 0. The molecule has 1 N–H and O–H groups in total. The molecule has 5 rings (SSSR count). The van der Waals surface area contributed by atoms with Gasteiger partial charge < -0.3 is 15.0 Å². The molecule has 1 aliphatic rings. The molecule has 0 spiro atoms. The van der Waals surface area contributed by atoms with E-state index >= 15 is 0 Å². The van der Waals surface area contributed by atoms with Crippen LogP contribution in [-0.2, 0) is 0 Å². The fourth-order valence-electron chi connectivity index (χ4n) is 4.08. The highest BCUT2D eigenvalue weighted by Gasteiger charge is 2.29. The van der Waals surface area contributed by atoms with E-state index in [0.717, 1.165) is 24.2 Å². The van der Waals surface area contributed by atoms with Crippen molar-refractivity contribution in [3.63, 3.8) is 0 Å². The molecule has 1 fully saturated rings. The maximum absolute atomic E-state index is 13.4. The number of amides is 1. The summed E-state index contributed by atoms with van der Waals surface area (Å²) in [5.41, 5.74) is 2.15. The van der Waals surface area contributed by atoms with Gasteiger partial charge in [0.15, 0.2) is 0 Å². The summed E-state index contributed by atoms with van der Waals surface area (Å²) < 4.78 is 6.02. The monoisotopic (exact) mass is 452 g/mol. The molecule has 8 nitrogen and oxygen atoms in total. The molecule has 2 aromatic heterocycles.